The monoisotopic (exact) mass is 559 g/mol. The van der Waals surface area contributed by atoms with Crippen LogP contribution in [0.15, 0.2) is 71.8 Å². The standard InChI is InChI=1S/C27H30ClN3O6S/c1-5-36-26-16-20(9-14-25(26)37-18-21-7-6-8-22(28)15-21)17-29-30-27(32)19(2)31(38(4,33)34)23-10-12-24(35-3)13-11-23/h6-17,19H,5,18H2,1-4H3,(H,30,32)/b29-17-/t19-/m0/s1. The lowest BCUT2D eigenvalue weighted by atomic mass is 10.2. The molecule has 202 valence electrons. The van der Waals surface area contributed by atoms with Crippen LogP contribution in [-0.2, 0) is 21.4 Å². The molecule has 9 nitrogen and oxygen atoms in total. The summed E-state index contributed by atoms with van der Waals surface area (Å²) in [5.74, 6) is 1.02. The number of ether oxygens (including phenoxy) is 3. The summed E-state index contributed by atoms with van der Waals surface area (Å²) < 4.78 is 42.7. The summed E-state index contributed by atoms with van der Waals surface area (Å²) in [6, 6.07) is 17.9. The molecule has 0 fully saturated rings. The van der Waals surface area contributed by atoms with Crippen LogP contribution in [0.5, 0.6) is 17.2 Å². The molecule has 0 heterocycles. The predicted octanol–water partition coefficient (Wildman–Crippen LogP) is 4.63. The lowest BCUT2D eigenvalue weighted by molar-refractivity contribution is -0.121. The van der Waals surface area contributed by atoms with E-state index in [1.165, 1.54) is 20.2 Å². The van der Waals surface area contributed by atoms with Crippen LogP contribution in [0, 0.1) is 0 Å². The van der Waals surface area contributed by atoms with Gasteiger partial charge in [0.1, 0.15) is 18.4 Å². The molecule has 0 aliphatic carbocycles. The molecule has 0 aliphatic heterocycles. The lowest BCUT2D eigenvalue weighted by Crippen LogP contribution is -2.46. The molecular weight excluding hydrogens is 530 g/mol. The number of methoxy groups -OCH3 is 1. The Balaban J connectivity index is 1.69. The van der Waals surface area contributed by atoms with Crippen LogP contribution in [0.4, 0.5) is 5.69 Å². The van der Waals surface area contributed by atoms with E-state index in [0.29, 0.717) is 46.7 Å². The van der Waals surface area contributed by atoms with E-state index >= 15 is 0 Å². The molecular formula is C27H30ClN3O6S. The topological polar surface area (TPSA) is 107 Å². The van der Waals surface area contributed by atoms with Crippen molar-refractivity contribution in [3.8, 4) is 17.2 Å². The minimum atomic E-state index is -3.76. The van der Waals surface area contributed by atoms with E-state index in [-0.39, 0.29) is 0 Å². The fourth-order valence-electron chi connectivity index (χ4n) is 3.58. The van der Waals surface area contributed by atoms with E-state index < -0.39 is 22.0 Å². The van der Waals surface area contributed by atoms with Gasteiger partial charge in [0.25, 0.3) is 5.91 Å². The summed E-state index contributed by atoms with van der Waals surface area (Å²) in [5.41, 5.74) is 4.30. The molecule has 11 heteroatoms. The van der Waals surface area contributed by atoms with Gasteiger partial charge >= 0.3 is 0 Å². The van der Waals surface area contributed by atoms with E-state index in [4.69, 9.17) is 25.8 Å². The highest BCUT2D eigenvalue weighted by atomic mass is 35.5. The van der Waals surface area contributed by atoms with Crippen molar-refractivity contribution in [1.29, 1.82) is 0 Å². The van der Waals surface area contributed by atoms with Gasteiger partial charge in [-0.2, -0.15) is 5.10 Å². The van der Waals surface area contributed by atoms with E-state index in [1.54, 1.807) is 48.5 Å². The largest absolute Gasteiger partial charge is 0.497 e. The van der Waals surface area contributed by atoms with Gasteiger partial charge < -0.3 is 14.2 Å². The molecule has 3 rings (SSSR count). The Labute approximate surface area is 228 Å². The Hall–Kier alpha value is -3.76. The molecule has 0 saturated carbocycles. The van der Waals surface area contributed by atoms with Crippen molar-refractivity contribution in [3.63, 3.8) is 0 Å². The van der Waals surface area contributed by atoms with Crippen molar-refractivity contribution < 1.29 is 27.4 Å². The molecule has 0 bridgehead atoms. The van der Waals surface area contributed by atoms with Crippen molar-refractivity contribution in [2.24, 2.45) is 5.10 Å². The molecule has 0 radical (unpaired) electrons. The summed E-state index contributed by atoms with van der Waals surface area (Å²) in [5, 5.41) is 4.63. The number of hydrazone groups is 1. The zero-order chi connectivity index (χ0) is 27.7. The number of anilines is 1. The second kappa shape index (κ2) is 13.2. The fourth-order valence-corrected chi connectivity index (χ4v) is 4.97. The van der Waals surface area contributed by atoms with Gasteiger partial charge in [-0.15, -0.1) is 0 Å². The van der Waals surface area contributed by atoms with Crippen molar-refractivity contribution in [1.82, 2.24) is 5.43 Å². The van der Waals surface area contributed by atoms with Crippen LogP contribution in [0.2, 0.25) is 5.02 Å². The second-order valence-corrected chi connectivity index (χ2v) is 10.5. The number of carbonyl (C=O) groups is 1. The van der Waals surface area contributed by atoms with Gasteiger partial charge in [-0.05, 0) is 79.6 Å². The first-order valence-corrected chi connectivity index (χ1v) is 14.0. The Morgan fingerprint density at radius 3 is 2.45 bits per heavy atom. The number of nitrogens with zero attached hydrogens (tertiary/aromatic N) is 2. The van der Waals surface area contributed by atoms with Gasteiger partial charge in [0, 0.05) is 5.02 Å². The number of carbonyl (C=O) groups excluding carboxylic acids is 1. The number of hydrogen-bond acceptors (Lipinski definition) is 7. The number of amides is 1. The maximum absolute atomic E-state index is 12.8. The predicted molar refractivity (Wildman–Crippen MR) is 149 cm³/mol. The van der Waals surface area contributed by atoms with Crippen LogP contribution in [0.25, 0.3) is 0 Å². The average Bonchev–Trinajstić information content (AvgIpc) is 2.88. The summed E-state index contributed by atoms with van der Waals surface area (Å²) in [6.45, 7) is 4.08. The molecule has 3 aromatic rings. The van der Waals surface area contributed by atoms with Crippen LogP contribution in [0.1, 0.15) is 25.0 Å². The van der Waals surface area contributed by atoms with E-state index in [0.717, 1.165) is 16.1 Å². The first kappa shape index (κ1) is 28.8. The summed E-state index contributed by atoms with van der Waals surface area (Å²) in [4.78, 5) is 12.8. The number of benzene rings is 3. The van der Waals surface area contributed by atoms with Gasteiger partial charge in [0.05, 0.1) is 31.9 Å². The van der Waals surface area contributed by atoms with Gasteiger partial charge in [0.15, 0.2) is 11.5 Å². The third-order valence-electron chi connectivity index (χ3n) is 5.35. The maximum atomic E-state index is 12.8. The zero-order valence-electron chi connectivity index (χ0n) is 21.5. The molecule has 0 aliphatic rings. The van der Waals surface area contributed by atoms with E-state index in [2.05, 4.69) is 10.5 Å². The number of nitrogens with one attached hydrogen (secondary N) is 1. The third-order valence-corrected chi connectivity index (χ3v) is 6.83. The highest BCUT2D eigenvalue weighted by molar-refractivity contribution is 7.92. The van der Waals surface area contributed by atoms with E-state index in [1.807, 2.05) is 25.1 Å². The smallest absolute Gasteiger partial charge is 0.263 e. The molecule has 3 aromatic carbocycles. The fraction of sp³-hybridized carbons (Fsp3) is 0.259. The molecule has 1 amide bonds. The highest BCUT2D eigenvalue weighted by Crippen LogP contribution is 2.29. The summed E-state index contributed by atoms with van der Waals surface area (Å²) >= 11 is 6.04. The Morgan fingerprint density at radius 2 is 1.82 bits per heavy atom. The van der Waals surface area contributed by atoms with Crippen LogP contribution < -0.4 is 23.9 Å². The maximum Gasteiger partial charge on any atom is 0.263 e. The van der Waals surface area contributed by atoms with Gasteiger partial charge in [-0.3, -0.25) is 9.10 Å². The van der Waals surface area contributed by atoms with Gasteiger partial charge in [-0.1, -0.05) is 23.7 Å². The van der Waals surface area contributed by atoms with Crippen molar-refractivity contribution in [2.45, 2.75) is 26.5 Å². The summed E-state index contributed by atoms with van der Waals surface area (Å²) in [6.07, 6.45) is 2.47. The molecule has 38 heavy (non-hydrogen) atoms. The molecule has 0 saturated heterocycles. The minimum absolute atomic E-state index is 0.313. The molecule has 0 unspecified atom stereocenters. The minimum Gasteiger partial charge on any atom is -0.497 e. The SMILES string of the molecule is CCOc1cc(/C=N\NC(=O)[C@H](C)N(c2ccc(OC)cc2)S(C)(=O)=O)ccc1OCc1cccc(Cl)c1. The number of rotatable bonds is 12. The van der Waals surface area contributed by atoms with Gasteiger partial charge in [0.2, 0.25) is 10.0 Å². The summed E-state index contributed by atoms with van der Waals surface area (Å²) in [7, 11) is -2.25. The van der Waals surface area contributed by atoms with E-state index in [9.17, 15) is 13.2 Å². The van der Waals surface area contributed by atoms with Crippen molar-refractivity contribution >= 4 is 39.4 Å². The first-order chi connectivity index (χ1) is 18.1. The van der Waals surface area contributed by atoms with Crippen molar-refractivity contribution in [2.75, 3.05) is 24.3 Å². The highest BCUT2D eigenvalue weighted by Gasteiger charge is 2.29. The normalized spacial score (nSPS) is 12.1. The van der Waals surface area contributed by atoms with Crippen molar-refractivity contribution in [3.05, 3.63) is 82.9 Å². The third kappa shape index (κ3) is 7.87. The lowest BCUT2D eigenvalue weighted by Gasteiger charge is -2.27. The molecule has 0 spiro atoms. The average molecular weight is 560 g/mol. The number of sulfonamides is 1. The number of halogens is 1. The zero-order valence-corrected chi connectivity index (χ0v) is 23.1. The van der Waals surface area contributed by atoms with Crippen LogP contribution in [0.3, 0.4) is 0 Å². The Morgan fingerprint density at radius 1 is 1.08 bits per heavy atom. The van der Waals surface area contributed by atoms with Crippen LogP contribution in [-0.4, -0.2) is 46.6 Å². The first-order valence-electron chi connectivity index (χ1n) is 11.7. The Kier molecular flexibility index (Phi) is 9.98. The Bertz CT molecular complexity index is 1380. The molecule has 1 N–H and O–H groups in total. The van der Waals surface area contributed by atoms with Gasteiger partial charge in [-0.25, -0.2) is 13.8 Å². The number of hydrogen-bond donors (Lipinski definition) is 1. The van der Waals surface area contributed by atoms with Crippen LogP contribution >= 0.6 is 11.6 Å². The molecule has 0 aromatic heterocycles. The molecule has 1 atom stereocenters. The quantitative estimate of drug-likeness (QED) is 0.256. The second-order valence-electron chi connectivity index (χ2n) is 8.22.